The maximum Gasteiger partial charge on any atom is 0.172 e. The number of anilines is 3. The van der Waals surface area contributed by atoms with Crippen molar-refractivity contribution >= 4 is 46.4 Å². The summed E-state index contributed by atoms with van der Waals surface area (Å²) in [6, 6.07) is 8.93. The molecule has 5 aromatic rings. The minimum atomic E-state index is -0.448. The number of hydrogen-bond acceptors (Lipinski definition) is 10. The van der Waals surface area contributed by atoms with E-state index in [0.29, 0.717) is 51.9 Å². The summed E-state index contributed by atoms with van der Waals surface area (Å²) in [6.07, 6.45) is 4.62. The van der Waals surface area contributed by atoms with Gasteiger partial charge in [-0.15, -0.1) is 12.4 Å². The quantitative estimate of drug-likeness (QED) is 0.353. The number of halogens is 2. The third kappa shape index (κ3) is 4.17. The first-order valence-corrected chi connectivity index (χ1v) is 11.9. The Kier molecular flexibility index (Phi) is 6.04. The van der Waals surface area contributed by atoms with Gasteiger partial charge in [-0.3, -0.25) is 0 Å². The van der Waals surface area contributed by atoms with Crippen LogP contribution in [-0.2, 0) is 0 Å². The highest BCUT2D eigenvalue weighted by Gasteiger charge is 2.28. The maximum absolute atomic E-state index is 15.5. The number of rotatable bonds is 4. The van der Waals surface area contributed by atoms with Gasteiger partial charge < -0.3 is 25.0 Å². The fourth-order valence-electron chi connectivity index (χ4n) is 4.69. The average molecular weight is 536 g/mol. The van der Waals surface area contributed by atoms with Crippen LogP contribution in [0.4, 0.5) is 21.7 Å². The van der Waals surface area contributed by atoms with Crippen molar-refractivity contribution in [3.05, 3.63) is 60.6 Å². The van der Waals surface area contributed by atoms with Crippen LogP contribution in [0.1, 0.15) is 5.56 Å². The van der Waals surface area contributed by atoms with Gasteiger partial charge in [0.1, 0.15) is 36.3 Å². The van der Waals surface area contributed by atoms with Gasteiger partial charge in [0.05, 0.1) is 17.2 Å². The van der Waals surface area contributed by atoms with E-state index >= 15 is 4.39 Å². The number of nitrogens with one attached hydrogen (secondary N) is 2. The largest absolute Gasteiger partial charge is 0.488 e. The third-order valence-electron chi connectivity index (χ3n) is 6.62. The minimum Gasteiger partial charge on any atom is -0.488 e. The molecule has 38 heavy (non-hydrogen) atoms. The Balaban J connectivity index is 0.00000264. The molecule has 11 nitrogen and oxygen atoms in total. The molecule has 6 heterocycles. The van der Waals surface area contributed by atoms with Gasteiger partial charge in [-0.1, -0.05) is 0 Å². The Morgan fingerprint density at radius 1 is 1.16 bits per heavy atom. The van der Waals surface area contributed by atoms with Gasteiger partial charge in [-0.2, -0.15) is 5.10 Å². The predicted molar refractivity (Wildman–Crippen MR) is 142 cm³/mol. The van der Waals surface area contributed by atoms with E-state index in [1.807, 2.05) is 6.07 Å². The summed E-state index contributed by atoms with van der Waals surface area (Å²) >= 11 is 0. The fraction of sp³-hybridized carbons (Fsp3) is 0.240. The first kappa shape index (κ1) is 24.1. The van der Waals surface area contributed by atoms with Gasteiger partial charge in [-0.05, 0) is 25.1 Å². The zero-order chi connectivity index (χ0) is 24.9. The van der Waals surface area contributed by atoms with Gasteiger partial charge in [0.25, 0.3) is 0 Å². The Morgan fingerprint density at radius 3 is 3.00 bits per heavy atom. The molecule has 13 heteroatoms. The van der Waals surface area contributed by atoms with Crippen LogP contribution >= 0.6 is 12.4 Å². The molecule has 0 spiro atoms. The molecule has 2 N–H and O–H groups in total. The van der Waals surface area contributed by atoms with Crippen molar-refractivity contribution in [1.82, 2.24) is 34.9 Å². The number of pyridine rings is 2. The highest BCUT2D eigenvalue weighted by Crippen LogP contribution is 2.36. The molecule has 1 aromatic carbocycles. The Morgan fingerprint density at radius 2 is 2.08 bits per heavy atom. The van der Waals surface area contributed by atoms with E-state index in [0.717, 1.165) is 25.5 Å². The fourth-order valence-corrected chi connectivity index (χ4v) is 4.69. The van der Waals surface area contributed by atoms with Crippen LogP contribution in [0, 0.1) is 12.7 Å². The molecule has 4 aromatic heterocycles. The van der Waals surface area contributed by atoms with Crippen LogP contribution in [0.2, 0.25) is 0 Å². The summed E-state index contributed by atoms with van der Waals surface area (Å²) in [4.78, 5) is 20.0. The molecule has 2 bridgehead atoms. The smallest absolute Gasteiger partial charge is 0.172 e. The van der Waals surface area contributed by atoms with Crippen LogP contribution in [-0.4, -0.2) is 61.8 Å². The lowest BCUT2D eigenvalue weighted by Crippen LogP contribution is -2.51. The molecule has 0 radical (unpaired) electrons. The summed E-state index contributed by atoms with van der Waals surface area (Å²) in [5.41, 5.74) is 2.40. The third-order valence-corrected chi connectivity index (χ3v) is 6.62. The van der Waals surface area contributed by atoms with Crippen LogP contribution in [0.5, 0.6) is 17.2 Å². The van der Waals surface area contributed by atoms with E-state index in [1.54, 1.807) is 41.9 Å². The Labute approximate surface area is 222 Å². The molecular formula is C25H23ClFN9O2. The summed E-state index contributed by atoms with van der Waals surface area (Å²) in [7, 11) is 0. The molecule has 0 aliphatic carbocycles. The number of piperazine rings is 1. The molecule has 0 saturated carbocycles. The lowest BCUT2D eigenvalue weighted by Gasteiger charge is -2.31. The van der Waals surface area contributed by atoms with Crippen molar-refractivity contribution < 1.29 is 13.9 Å². The van der Waals surface area contributed by atoms with Gasteiger partial charge in [0, 0.05) is 43.5 Å². The molecule has 0 amide bonds. The Bertz CT molecular complexity index is 1660. The van der Waals surface area contributed by atoms with E-state index in [2.05, 4.69) is 35.6 Å². The number of aromatic nitrogens is 6. The molecule has 2 aliphatic heterocycles. The zero-order valence-corrected chi connectivity index (χ0v) is 21.1. The lowest BCUT2D eigenvalue weighted by molar-refractivity contribution is 0.271. The van der Waals surface area contributed by atoms with E-state index < -0.39 is 5.82 Å². The van der Waals surface area contributed by atoms with E-state index in [9.17, 15) is 0 Å². The molecule has 2 aliphatic rings. The molecule has 0 unspecified atom stereocenters. The van der Waals surface area contributed by atoms with Gasteiger partial charge in [0.15, 0.2) is 28.8 Å². The normalized spacial score (nSPS) is 16.4. The first-order valence-electron chi connectivity index (χ1n) is 11.9. The van der Waals surface area contributed by atoms with Crippen molar-refractivity contribution in [2.75, 3.05) is 36.5 Å². The maximum atomic E-state index is 15.5. The molecule has 194 valence electrons. The summed E-state index contributed by atoms with van der Waals surface area (Å²) in [6.45, 7) is 4.72. The van der Waals surface area contributed by atoms with Crippen molar-refractivity contribution in [3.8, 4) is 17.2 Å². The number of hydrogen-bond donors (Lipinski definition) is 2. The Hall–Kier alpha value is -4.29. The highest BCUT2D eigenvalue weighted by molar-refractivity contribution is 5.90. The second-order valence-electron chi connectivity index (χ2n) is 9.01. The lowest BCUT2D eigenvalue weighted by atomic mass is 10.1. The second-order valence-corrected chi connectivity index (χ2v) is 9.01. The first-order chi connectivity index (χ1) is 18.1. The summed E-state index contributed by atoms with van der Waals surface area (Å²) in [5.74, 6) is 2.33. The SMILES string of the molecule is Cc1c(Oc2ccn3ncnc3c2)ccc(Nc2ncnc3cc4c(nc23)N2CCN[C@H](CO4)C2)c1F.Cl. The molecule has 1 fully saturated rings. The van der Waals surface area contributed by atoms with Crippen LogP contribution < -0.4 is 25.0 Å². The van der Waals surface area contributed by atoms with Crippen molar-refractivity contribution in [2.45, 2.75) is 13.0 Å². The topological polar surface area (TPSA) is 115 Å². The highest BCUT2D eigenvalue weighted by atomic mass is 35.5. The van der Waals surface area contributed by atoms with Crippen LogP contribution in [0.25, 0.3) is 16.7 Å². The van der Waals surface area contributed by atoms with Crippen LogP contribution in [0.3, 0.4) is 0 Å². The van der Waals surface area contributed by atoms with Crippen molar-refractivity contribution in [2.24, 2.45) is 0 Å². The van der Waals surface area contributed by atoms with E-state index in [4.69, 9.17) is 14.5 Å². The molecule has 1 saturated heterocycles. The van der Waals surface area contributed by atoms with E-state index in [1.165, 1.54) is 12.7 Å². The van der Waals surface area contributed by atoms with Gasteiger partial charge in [-0.25, -0.2) is 28.8 Å². The zero-order valence-electron chi connectivity index (χ0n) is 20.3. The van der Waals surface area contributed by atoms with Crippen LogP contribution in [0.15, 0.2) is 49.2 Å². The second kappa shape index (κ2) is 9.54. The number of benzene rings is 1. The van der Waals surface area contributed by atoms with Crippen molar-refractivity contribution in [3.63, 3.8) is 0 Å². The van der Waals surface area contributed by atoms with Crippen molar-refractivity contribution in [1.29, 1.82) is 0 Å². The monoisotopic (exact) mass is 535 g/mol. The number of nitrogens with zero attached hydrogens (tertiary/aromatic N) is 7. The van der Waals surface area contributed by atoms with E-state index in [-0.39, 0.29) is 24.1 Å². The van der Waals surface area contributed by atoms with Gasteiger partial charge in [0.2, 0.25) is 0 Å². The number of ether oxygens (including phenoxy) is 2. The molecule has 1 atom stereocenters. The van der Waals surface area contributed by atoms with Gasteiger partial charge >= 0.3 is 0 Å². The standard InChI is InChI=1S/C25H22FN9O2.ClH/c1-14-19(37-16-4-6-35-21(8-16)29-13-31-35)3-2-17(22(14)26)32-24-23-18(28-12-30-24)9-20-25(33-23)34-7-5-27-15(10-34)11-36-20;/h2-4,6,8-9,12-13,15,27H,5,7,10-11H2,1H3,(H,28,30,32);1H/t15-;/m0./s1. The average Bonchev–Trinajstić information content (AvgIpc) is 3.35. The minimum absolute atomic E-state index is 0. The summed E-state index contributed by atoms with van der Waals surface area (Å²) in [5, 5.41) is 10.6. The molecular weight excluding hydrogens is 513 g/mol. The predicted octanol–water partition coefficient (Wildman–Crippen LogP) is 3.64. The number of fused-ring (bicyclic) bond motifs is 6. The molecule has 7 rings (SSSR count). The summed E-state index contributed by atoms with van der Waals surface area (Å²) < 4.78 is 29.1.